The van der Waals surface area contributed by atoms with Gasteiger partial charge in [0.2, 0.25) is 0 Å². The van der Waals surface area contributed by atoms with E-state index in [0.29, 0.717) is 0 Å². The molecule has 0 unspecified atom stereocenters. The van der Waals surface area contributed by atoms with Crippen molar-refractivity contribution in [3.8, 4) is 0 Å². The number of hydrogen-bond donors (Lipinski definition) is 1. The van der Waals surface area contributed by atoms with Crippen LogP contribution in [0.1, 0.15) is 69.6 Å². The first kappa shape index (κ1) is 16.6. The Hall–Kier alpha value is 0.200. The van der Waals surface area contributed by atoms with Gasteiger partial charge in [0.05, 0.1) is 4.21 Å². The molecule has 1 aliphatic heterocycles. The molecule has 1 aromatic rings. The number of hydrogen-bond acceptors (Lipinski definition) is 3. The van der Waals surface area contributed by atoms with E-state index in [0.717, 1.165) is 0 Å². The Labute approximate surface area is 137 Å². The Morgan fingerprint density at radius 2 is 1.65 bits per heavy atom. The van der Waals surface area contributed by atoms with Crippen LogP contribution in [0, 0.1) is 0 Å². The zero-order valence-corrected chi connectivity index (χ0v) is 15.2. The molecule has 0 radical (unpaired) electrons. The molecule has 1 aliphatic rings. The van der Waals surface area contributed by atoms with Crippen molar-refractivity contribution >= 4 is 35.3 Å². The van der Waals surface area contributed by atoms with Crippen LogP contribution >= 0.6 is 35.3 Å². The number of rotatable bonds is 7. The molecule has 0 amide bonds. The van der Waals surface area contributed by atoms with Crippen LogP contribution in [0.5, 0.6) is 0 Å². The highest BCUT2D eigenvalue weighted by atomic mass is 32.2. The van der Waals surface area contributed by atoms with Gasteiger partial charge in [0, 0.05) is 17.7 Å². The van der Waals surface area contributed by atoms with E-state index in [2.05, 4.69) is 11.5 Å². The summed E-state index contributed by atoms with van der Waals surface area (Å²) in [5, 5.41) is 0. The Balaban J connectivity index is 1.85. The number of unbranched alkanes of at least 4 members (excludes halogenated alkanes) is 5. The van der Waals surface area contributed by atoms with Crippen LogP contribution in [0.15, 0.2) is 4.21 Å². The Kier molecular flexibility index (Phi) is 7.68. The molecule has 2 rings (SSSR count). The minimum absolute atomic E-state index is 1.24. The summed E-state index contributed by atoms with van der Waals surface area (Å²) in [5.74, 6) is 0. The van der Waals surface area contributed by atoms with Gasteiger partial charge in [-0.25, -0.2) is 4.58 Å². The quantitative estimate of drug-likeness (QED) is 0.409. The lowest BCUT2D eigenvalue weighted by Gasteiger charge is -2.07. The first-order valence-corrected chi connectivity index (χ1v) is 10.3. The molecule has 114 valence electrons. The average molecular weight is 331 g/mol. The fourth-order valence-corrected chi connectivity index (χ4v) is 5.95. The monoisotopic (exact) mass is 330 g/mol. The van der Waals surface area contributed by atoms with E-state index in [1.165, 1.54) is 90.4 Å². The largest absolute Gasteiger partial charge is 0.315 e. The number of thiol groups is 1. The Bertz CT molecular complexity index is 451. The van der Waals surface area contributed by atoms with Crippen molar-refractivity contribution in [1.29, 1.82) is 0 Å². The molecule has 4 heteroatoms. The molecular formula is C16H28NS3+. The van der Waals surface area contributed by atoms with E-state index in [-0.39, 0.29) is 0 Å². The van der Waals surface area contributed by atoms with Gasteiger partial charge in [-0.15, -0.1) is 12.6 Å². The number of nitrogens with zero attached hydrogens (tertiary/aromatic N) is 1. The number of piperidine rings is 1. The van der Waals surface area contributed by atoms with E-state index in [1.54, 1.807) is 0 Å². The first-order chi connectivity index (χ1) is 9.81. The van der Waals surface area contributed by atoms with Crippen LogP contribution in [-0.2, 0) is 6.42 Å². The molecular weight excluding hydrogens is 302 g/mol. The van der Waals surface area contributed by atoms with Crippen LogP contribution in [0.3, 0.4) is 0 Å². The van der Waals surface area contributed by atoms with E-state index in [1.807, 2.05) is 22.7 Å². The lowest BCUT2D eigenvalue weighted by molar-refractivity contribution is 0.459. The predicted octanol–water partition coefficient (Wildman–Crippen LogP) is 4.96. The van der Waals surface area contributed by atoms with E-state index >= 15 is 0 Å². The smallest absolute Gasteiger partial charge is 0.212 e. The lowest BCUT2D eigenvalue weighted by Crippen LogP contribution is -2.31. The highest BCUT2D eigenvalue weighted by molar-refractivity contribution is 7.83. The predicted molar refractivity (Wildman–Crippen MR) is 95.4 cm³/mol. The molecule has 20 heavy (non-hydrogen) atoms. The Morgan fingerprint density at radius 3 is 2.40 bits per heavy atom. The zero-order chi connectivity index (χ0) is 14.2. The van der Waals surface area contributed by atoms with Gasteiger partial charge >= 0.3 is 3.98 Å². The minimum atomic E-state index is 1.24. The third kappa shape index (κ3) is 5.19. The van der Waals surface area contributed by atoms with Gasteiger partial charge in [0.15, 0.2) is 0 Å². The molecule has 0 aliphatic carbocycles. The summed E-state index contributed by atoms with van der Waals surface area (Å²) in [5.41, 5.74) is 0. The topological polar surface area (TPSA) is 3.01 Å². The summed E-state index contributed by atoms with van der Waals surface area (Å²) in [7, 11) is 0. The minimum Gasteiger partial charge on any atom is -0.212 e. The van der Waals surface area contributed by atoms with Crippen LogP contribution in [0.25, 0.3) is 0 Å². The van der Waals surface area contributed by atoms with Gasteiger partial charge in [0.1, 0.15) is 13.1 Å². The molecule has 1 nitrogen and oxygen atoms in total. The summed E-state index contributed by atoms with van der Waals surface area (Å²) in [6.45, 7) is 4.78. The van der Waals surface area contributed by atoms with Crippen molar-refractivity contribution in [3.63, 3.8) is 0 Å². The van der Waals surface area contributed by atoms with Crippen LogP contribution in [0.4, 0.5) is 0 Å². The van der Waals surface area contributed by atoms with Gasteiger partial charge in [-0.3, -0.25) is 0 Å². The van der Waals surface area contributed by atoms with E-state index < -0.39 is 0 Å². The van der Waals surface area contributed by atoms with Gasteiger partial charge in [0.25, 0.3) is 0 Å². The highest BCUT2D eigenvalue weighted by Gasteiger charge is 2.15. The molecule has 2 heterocycles. The van der Waals surface area contributed by atoms with Gasteiger partial charge < -0.3 is 0 Å². The fourth-order valence-electron chi connectivity index (χ4n) is 2.74. The summed E-state index contributed by atoms with van der Waals surface area (Å²) in [6, 6.07) is 0. The Morgan fingerprint density at radius 1 is 0.950 bits per heavy atom. The van der Waals surface area contributed by atoms with Gasteiger partial charge in [-0.1, -0.05) is 61.7 Å². The molecule has 1 saturated heterocycles. The lowest BCUT2D eigenvalue weighted by atomic mass is 10.1. The summed E-state index contributed by atoms with van der Waals surface area (Å²) in [4.78, 5) is 1.52. The van der Waals surface area contributed by atoms with Crippen molar-refractivity contribution in [2.45, 2.75) is 75.3 Å². The molecule has 1 aromatic heterocycles. The highest BCUT2D eigenvalue weighted by Crippen LogP contribution is 2.24. The number of aryl methyl sites for hydroxylation is 1. The second kappa shape index (κ2) is 9.26. The zero-order valence-electron chi connectivity index (χ0n) is 12.7. The maximum atomic E-state index is 4.70. The van der Waals surface area contributed by atoms with Crippen molar-refractivity contribution in [1.82, 2.24) is 4.58 Å². The van der Waals surface area contributed by atoms with E-state index in [4.69, 9.17) is 12.6 Å². The fraction of sp³-hybridized carbons (Fsp3) is 0.812. The summed E-state index contributed by atoms with van der Waals surface area (Å²) < 4.78 is 5.34. The van der Waals surface area contributed by atoms with Crippen molar-refractivity contribution < 1.29 is 0 Å². The van der Waals surface area contributed by atoms with Crippen molar-refractivity contribution in [2.75, 3.05) is 13.1 Å². The third-order valence-corrected chi connectivity index (χ3v) is 7.29. The van der Waals surface area contributed by atoms with Gasteiger partial charge in [-0.2, -0.15) is 0 Å². The SMILES string of the molecule is CCCCCCCCc1sc(=[N+]2CCCCC2)sc1S. The maximum absolute atomic E-state index is 4.70. The van der Waals surface area contributed by atoms with Gasteiger partial charge in [-0.05, 0) is 19.3 Å². The summed E-state index contributed by atoms with van der Waals surface area (Å²) in [6.07, 6.45) is 13.6. The molecule has 0 saturated carbocycles. The molecule has 0 atom stereocenters. The molecule has 0 aromatic carbocycles. The molecule has 0 spiro atoms. The summed E-state index contributed by atoms with van der Waals surface area (Å²) >= 11 is 8.60. The standard InChI is InChI=1S/C16H27NS3/c1-2-3-4-5-6-8-11-14-15(18)20-16(19-14)17-12-9-7-10-13-17/h2-13H2,1H3/p+1. The normalized spacial score (nSPS) is 15.8. The van der Waals surface area contributed by atoms with Crippen LogP contribution in [0.2, 0.25) is 0 Å². The van der Waals surface area contributed by atoms with E-state index in [9.17, 15) is 0 Å². The molecule has 0 N–H and O–H groups in total. The van der Waals surface area contributed by atoms with Crippen molar-refractivity contribution in [3.05, 3.63) is 8.86 Å². The molecule has 0 bridgehead atoms. The molecule has 1 fully saturated rings. The second-order valence-electron chi connectivity index (χ2n) is 5.76. The average Bonchev–Trinajstić information content (AvgIpc) is 2.85. The van der Waals surface area contributed by atoms with Crippen LogP contribution in [-0.4, -0.2) is 13.1 Å². The van der Waals surface area contributed by atoms with Crippen molar-refractivity contribution in [2.24, 2.45) is 0 Å². The second-order valence-corrected chi connectivity index (χ2v) is 8.85. The maximum Gasteiger partial charge on any atom is 0.315 e. The third-order valence-electron chi connectivity index (χ3n) is 4.00. The van der Waals surface area contributed by atoms with Crippen LogP contribution < -0.4 is 8.56 Å². The first-order valence-electron chi connectivity index (χ1n) is 8.21.